The minimum absolute atomic E-state index is 0.0353. The van der Waals surface area contributed by atoms with E-state index in [9.17, 15) is 13.2 Å². The van der Waals surface area contributed by atoms with Gasteiger partial charge in [0.1, 0.15) is 5.01 Å². The van der Waals surface area contributed by atoms with Crippen LogP contribution in [0.2, 0.25) is 0 Å². The van der Waals surface area contributed by atoms with Crippen molar-refractivity contribution in [2.24, 2.45) is 0 Å². The molecule has 0 saturated heterocycles. The van der Waals surface area contributed by atoms with Gasteiger partial charge >= 0.3 is 6.18 Å². The maximum absolute atomic E-state index is 12.7. The number of hydrogen-bond donors (Lipinski definition) is 0. The molecule has 0 aliphatic rings. The van der Waals surface area contributed by atoms with Crippen LogP contribution in [0.1, 0.15) is 11.3 Å². The number of hydrogen-bond acceptors (Lipinski definition) is 3. The fourth-order valence-corrected chi connectivity index (χ4v) is 2.11. The van der Waals surface area contributed by atoms with E-state index in [4.69, 9.17) is 0 Å². The molecule has 0 aliphatic heterocycles. The Morgan fingerprint density at radius 3 is 2.62 bits per heavy atom. The molecule has 0 spiro atoms. The molecule has 84 valence electrons. The standard InChI is InChI=1S/C10H7F3N2S/c1-6-5-16-9(15-6)7-4-14-3-2-8(7)10(11,12)13/h2-5H,1H3. The predicted octanol–water partition coefficient (Wildman–Crippen LogP) is 3.53. The van der Waals surface area contributed by atoms with E-state index >= 15 is 0 Å². The summed E-state index contributed by atoms with van der Waals surface area (Å²) < 4.78 is 38.1. The fraction of sp³-hybridized carbons (Fsp3) is 0.200. The molecule has 0 aromatic carbocycles. The zero-order valence-electron chi connectivity index (χ0n) is 8.25. The first-order valence-electron chi connectivity index (χ1n) is 4.42. The number of thiazole rings is 1. The maximum Gasteiger partial charge on any atom is 0.417 e. The van der Waals surface area contributed by atoms with Crippen molar-refractivity contribution in [1.29, 1.82) is 0 Å². The van der Waals surface area contributed by atoms with Crippen LogP contribution >= 0.6 is 11.3 Å². The molecule has 2 rings (SSSR count). The van der Waals surface area contributed by atoms with E-state index in [1.54, 1.807) is 12.3 Å². The molecule has 2 aromatic rings. The lowest BCUT2D eigenvalue weighted by Crippen LogP contribution is -2.07. The van der Waals surface area contributed by atoms with Crippen molar-refractivity contribution in [3.63, 3.8) is 0 Å². The maximum atomic E-state index is 12.7. The van der Waals surface area contributed by atoms with Crippen LogP contribution in [-0.4, -0.2) is 9.97 Å². The van der Waals surface area contributed by atoms with E-state index in [-0.39, 0.29) is 5.56 Å². The highest BCUT2D eigenvalue weighted by molar-refractivity contribution is 7.13. The number of halogens is 3. The second kappa shape index (κ2) is 3.86. The summed E-state index contributed by atoms with van der Waals surface area (Å²) in [5.41, 5.74) is 0.0435. The zero-order chi connectivity index (χ0) is 11.8. The topological polar surface area (TPSA) is 25.8 Å². The highest BCUT2D eigenvalue weighted by Crippen LogP contribution is 2.37. The van der Waals surface area contributed by atoms with Crippen LogP contribution in [-0.2, 0) is 6.18 Å². The third kappa shape index (κ3) is 2.06. The molecule has 2 heterocycles. The van der Waals surface area contributed by atoms with Gasteiger partial charge < -0.3 is 0 Å². The molecule has 2 nitrogen and oxygen atoms in total. The molecule has 0 N–H and O–H groups in total. The van der Waals surface area contributed by atoms with E-state index in [2.05, 4.69) is 9.97 Å². The number of alkyl halides is 3. The molecule has 0 aliphatic carbocycles. The average molecular weight is 244 g/mol. The third-order valence-electron chi connectivity index (χ3n) is 1.98. The highest BCUT2D eigenvalue weighted by atomic mass is 32.1. The van der Waals surface area contributed by atoms with Crippen LogP contribution in [0.15, 0.2) is 23.8 Å². The molecule has 6 heteroatoms. The first-order chi connectivity index (χ1) is 7.48. The second-order valence-electron chi connectivity index (χ2n) is 3.21. The van der Waals surface area contributed by atoms with Crippen LogP contribution in [0.4, 0.5) is 13.2 Å². The van der Waals surface area contributed by atoms with Crippen LogP contribution < -0.4 is 0 Å². The number of pyridine rings is 1. The lowest BCUT2D eigenvalue weighted by molar-refractivity contribution is -0.137. The number of aryl methyl sites for hydroxylation is 1. The van der Waals surface area contributed by atoms with Gasteiger partial charge in [0.2, 0.25) is 0 Å². The van der Waals surface area contributed by atoms with Gasteiger partial charge in [-0.1, -0.05) is 0 Å². The molecule has 0 amide bonds. The first-order valence-corrected chi connectivity index (χ1v) is 5.30. The Morgan fingerprint density at radius 2 is 2.06 bits per heavy atom. The van der Waals surface area contributed by atoms with Gasteiger partial charge in [-0.2, -0.15) is 13.2 Å². The smallest absolute Gasteiger partial charge is 0.264 e. The van der Waals surface area contributed by atoms with Gasteiger partial charge in [0.05, 0.1) is 5.56 Å². The molecule has 0 fully saturated rings. The Balaban J connectivity index is 2.57. The molecule has 0 unspecified atom stereocenters. The lowest BCUT2D eigenvalue weighted by atomic mass is 10.1. The predicted molar refractivity (Wildman–Crippen MR) is 55.1 cm³/mol. The van der Waals surface area contributed by atoms with Crippen molar-refractivity contribution < 1.29 is 13.2 Å². The summed E-state index contributed by atoms with van der Waals surface area (Å²) in [5.74, 6) is 0. The first kappa shape index (κ1) is 11.1. The number of rotatable bonds is 1. The van der Waals surface area contributed by atoms with Crippen LogP contribution in [0.5, 0.6) is 0 Å². The SMILES string of the molecule is Cc1csc(-c2cnccc2C(F)(F)F)n1. The number of nitrogens with zero attached hydrogens (tertiary/aromatic N) is 2. The third-order valence-corrected chi connectivity index (χ3v) is 2.97. The van der Waals surface area contributed by atoms with E-state index in [1.807, 2.05) is 0 Å². The summed E-state index contributed by atoms with van der Waals surface area (Å²) in [6.07, 6.45) is -2.05. The fourth-order valence-electron chi connectivity index (χ4n) is 1.29. The van der Waals surface area contributed by atoms with Crippen molar-refractivity contribution in [2.45, 2.75) is 13.1 Å². The van der Waals surface area contributed by atoms with Gasteiger partial charge in [-0.05, 0) is 13.0 Å². The van der Waals surface area contributed by atoms with Crippen LogP contribution in [0.25, 0.3) is 10.6 Å². The summed E-state index contributed by atoms with van der Waals surface area (Å²) in [4.78, 5) is 7.74. The Morgan fingerprint density at radius 1 is 1.31 bits per heavy atom. The Hall–Kier alpha value is -1.43. The molecule has 16 heavy (non-hydrogen) atoms. The van der Waals surface area contributed by atoms with Gasteiger partial charge in [-0.15, -0.1) is 11.3 Å². The molecule has 0 saturated carbocycles. The Labute approximate surface area is 93.8 Å². The van der Waals surface area contributed by atoms with Crippen molar-refractivity contribution in [3.8, 4) is 10.6 Å². The largest absolute Gasteiger partial charge is 0.417 e. The minimum Gasteiger partial charge on any atom is -0.264 e. The summed E-state index contributed by atoms with van der Waals surface area (Å²) >= 11 is 1.18. The van der Waals surface area contributed by atoms with Crippen molar-refractivity contribution >= 4 is 11.3 Å². The van der Waals surface area contributed by atoms with Gasteiger partial charge in [0.25, 0.3) is 0 Å². The van der Waals surface area contributed by atoms with Gasteiger partial charge in [-0.25, -0.2) is 4.98 Å². The average Bonchev–Trinajstić information content (AvgIpc) is 2.64. The quantitative estimate of drug-likeness (QED) is 0.766. The molecule has 0 radical (unpaired) electrons. The Kier molecular flexibility index (Phi) is 2.67. The van der Waals surface area contributed by atoms with Crippen LogP contribution in [0, 0.1) is 6.92 Å². The summed E-state index contributed by atoms with van der Waals surface area (Å²) in [6, 6.07) is 0.964. The van der Waals surface area contributed by atoms with Gasteiger partial charge in [-0.3, -0.25) is 4.98 Å². The number of aromatic nitrogens is 2. The van der Waals surface area contributed by atoms with E-state index < -0.39 is 11.7 Å². The summed E-state index contributed by atoms with van der Waals surface area (Å²) in [5, 5.41) is 2.06. The zero-order valence-corrected chi connectivity index (χ0v) is 9.06. The monoisotopic (exact) mass is 244 g/mol. The van der Waals surface area contributed by atoms with Crippen molar-refractivity contribution in [1.82, 2.24) is 9.97 Å². The second-order valence-corrected chi connectivity index (χ2v) is 4.07. The Bertz CT molecular complexity index is 505. The van der Waals surface area contributed by atoms with Gasteiger partial charge in [0.15, 0.2) is 0 Å². The highest BCUT2D eigenvalue weighted by Gasteiger charge is 2.34. The molecule has 0 bridgehead atoms. The molecular formula is C10H7F3N2S. The molecular weight excluding hydrogens is 237 g/mol. The lowest BCUT2D eigenvalue weighted by Gasteiger charge is -2.09. The molecule has 0 atom stereocenters. The van der Waals surface area contributed by atoms with Crippen molar-refractivity contribution in [2.75, 3.05) is 0 Å². The van der Waals surface area contributed by atoms with E-state index in [0.717, 1.165) is 12.3 Å². The van der Waals surface area contributed by atoms with E-state index in [0.29, 0.717) is 10.7 Å². The minimum atomic E-state index is -4.38. The normalized spacial score (nSPS) is 11.8. The summed E-state index contributed by atoms with van der Waals surface area (Å²) in [6.45, 7) is 1.74. The van der Waals surface area contributed by atoms with Crippen LogP contribution in [0.3, 0.4) is 0 Å². The summed E-state index contributed by atoms with van der Waals surface area (Å²) in [7, 11) is 0. The molecule has 2 aromatic heterocycles. The van der Waals surface area contributed by atoms with Gasteiger partial charge in [0, 0.05) is 29.0 Å². The van der Waals surface area contributed by atoms with E-state index in [1.165, 1.54) is 17.5 Å². The van der Waals surface area contributed by atoms with Crippen molar-refractivity contribution in [3.05, 3.63) is 35.1 Å².